The molecule has 2 heterocycles. The van der Waals surface area contributed by atoms with Crippen molar-refractivity contribution < 1.29 is 5.11 Å². The second-order valence-electron chi connectivity index (χ2n) is 2.48. The Morgan fingerprint density at radius 2 is 2.42 bits per heavy atom. The van der Waals surface area contributed by atoms with Crippen LogP contribution in [0.1, 0.15) is 5.69 Å². The van der Waals surface area contributed by atoms with Crippen LogP contribution in [0.3, 0.4) is 0 Å². The van der Waals surface area contributed by atoms with Gasteiger partial charge in [0.05, 0.1) is 18.5 Å². The van der Waals surface area contributed by atoms with Crippen molar-refractivity contribution in [2.75, 3.05) is 0 Å². The zero-order chi connectivity index (χ0) is 8.55. The molecule has 2 aromatic heterocycles. The lowest BCUT2D eigenvalue weighted by Crippen LogP contribution is -1.90. The molecule has 0 atom stereocenters. The van der Waals surface area contributed by atoms with Crippen molar-refractivity contribution in [2.45, 2.75) is 6.61 Å². The van der Waals surface area contributed by atoms with Gasteiger partial charge in [-0.1, -0.05) is 15.9 Å². The summed E-state index contributed by atoms with van der Waals surface area (Å²) in [5.41, 5.74) is 1.64. The summed E-state index contributed by atoms with van der Waals surface area (Å²) in [6, 6.07) is 3.81. The van der Waals surface area contributed by atoms with E-state index in [1.165, 1.54) is 0 Å². The van der Waals surface area contributed by atoms with Crippen LogP contribution in [0.4, 0.5) is 0 Å². The highest BCUT2D eigenvalue weighted by atomic mass is 79.9. The average Bonchev–Trinajstić information content (AvgIpc) is 2.46. The van der Waals surface area contributed by atoms with Crippen LogP contribution in [0.2, 0.25) is 0 Å². The Balaban J connectivity index is 2.73. The highest BCUT2D eigenvalue weighted by Crippen LogP contribution is 2.13. The van der Waals surface area contributed by atoms with Crippen molar-refractivity contribution in [3.63, 3.8) is 0 Å². The Kier molecular flexibility index (Phi) is 1.86. The number of hydrogen-bond acceptors (Lipinski definition) is 2. The minimum Gasteiger partial charge on any atom is -0.390 e. The molecular formula is C8H7BrN2O. The summed E-state index contributed by atoms with van der Waals surface area (Å²) in [6.07, 6.45) is 3.54. The molecule has 0 radical (unpaired) electrons. The fourth-order valence-electron chi connectivity index (χ4n) is 1.13. The van der Waals surface area contributed by atoms with Crippen LogP contribution in [-0.2, 0) is 6.61 Å². The number of imidazole rings is 1. The third kappa shape index (κ3) is 1.13. The molecule has 1 N–H and O–H groups in total. The van der Waals surface area contributed by atoms with Gasteiger partial charge in [0.25, 0.3) is 0 Å². The van der Waals surface area contributed by atoms with Gasteiger partial charge in [-0.2, -0.15) is 0 Å². The Morgan fingerprint density at radius 3 is 3.17 bits per heavy atom. The van der Waals surface area contributed by atoms with Crippen molar-refractivity contribution in [3.8, 4) is 0 Å². The molecule has 62 valence electrons. The molecule has 2 rings (SSSR count). The van der Waals surface area contributed by atoms with E-state index in [1.807, 2.05) is 22.7 Å². The molecule has 0 amide bonds. The average molecular weight is 227 g/mol. The number of aliphatic hydroxyl groups is 1. The summed E-state index contributed by atoms with van der Waals surface area (Å²) < 4.78 is 2.84. The Hall–Kier alpha value is -0.870. The quantitative estimate of drug-likeness (QED) is 0.803. The van der Waals surface area contributed by atoms with E-state index in [0.717, 1.165) is 15.8 Å². The van der Waals surface area contributed by atoms with Crippen molar-refractivity contribution in [2.24, 2.45) is 0 Å². The first-order valence-electron chi connectivity index (χ1n) is 3.53. The highest BCUT2D eigenvalue weighted by molar-refractivity contribution is 9.10. The normalized spacial score (nSPS) is 10.8. The van der Waals surface area contributed by atoms with Gasteiger partial charge in [0.15, 0.2) is 0 Å². The van der Waals surface area contributed by atoms with Gasteiger partial charge in [-0.3, -0.25) is 0 Å². The molecule has 0 aliphatic rings. The number of nitrogens with zero attached hydrogens (tertiary/aromatic N) is 2. The molecule has 0 aromatic carbocycles. The number of halogens is 1. The summed E-state index contributed by atoms with van der Waals surface area (Å²) >= 11 is 3.35. The van der Waals surface area contributed by atoms with Crippen LogP contribution < -0.4 is 0 Å². The third-order valence-electron chi connectivity index (χ3n) is 1.71. The van der Waals surface area contributed by atoms with E-state index in [2.05, 4.69) is 20.9 Å². The highest BCUT2D eigenvalue weighted by Gasteiger charge is 2.00. The molecule has 0 saturated heterocycles. The molecule has 12 heavy (non-hydrogen) atoms. The molecule has 0 aliphatic heterocycles. The van der Waals surface area contributed by atoms with Crippen LogP contribution in [0.15, 0.2) is 29.0 Å². The number of hydrogen-bond donors (Lipinski definition) is 1. The van der Waals surface area contributed by atoms with Gasteiger partial charge < -0.3 is 9.51 Å². The SMILES string of the molecule is OCc1cnc2cc(Br)ccn12. The maximum Gasteiger partial charge on any atom is 0.138 e. The fraction of sp³-hybridized carbons (Fsp3) is 0.125. The van der Waals surface area contributed by atoms with Crippen molar-refractivity contribution >= 4 is 21.6 Å². The molecule has 3 nitrogen and oxygen atoms in total. The van der Waals surface area contributed by atoms with Crippen LogP contribution in [0.5, 0.6) is 0 Å². The largest absolute Gasteiger partial charge is 0.390 e. The zero-order valence-electron chi connectivity index (χ0n) is 6.24. The molecule has 0 fully saturated rings. The Labute approximate surface area is 77.8 Å². The first-order chi connectivity index (χ1) is 5.81. The first kappa shape index (κ1) is 7.76. The van der Waals surface area contributed by atoms with Crippen molar-refractivity contribution in [3.05, 3.63) is 34.7 Å². The number of pyridine rings is 1. The van der Waals surface area contributed by atoms with Gasteiger partial charge in [-0.25, -0.2) is 4.98 Å². The Bertz CT molecular complexity index is 410. The number of rotatable bonds is 1. The second-order valence-corrected chi connectivity index (χ2v) is 3.40. The molecule has 0 aliphatic carbocycles. The molecular weight excluding hydrogens is 220 g/mol. The fourth-order valence-corrected chi connectivity index (χ4v) is 1.45. The summed E-state index contributed by atoms with van der Waals surface area (Å²) in [6.45, 7) is 0.0167. The molecule has 0 saturated carbocycles. The maximum atomic E-state index is 8.92. The summed E-state index contributed by atoms with van der Waals surface area (Å²) in [5, 5.41) is 8.92. The Morgan fingerprint density at radius 1 is 1.58 bits per heavy atom. The summed E-state index contributed by atoms with van der Waals surface area (Å²) in [7, 11) is 0. The topological polar surface area (TPSA) is 37.5 Å². The first-order valence-corrected chi connectivity index (χ1v) is 4.33. The summed E-state index contributed by atoms with van der Waals surface area (Å²) in [5.74, 6) is 0. The number of fused-ring (bicyclic) bond motifs is 1. The van der Waals surface area contributed by atoms with E-state index in [1.54, 1.807) is 6.20 Å². The lowest BCUT2D eigenvalue weighted by molar-refractivity contribution is 0.276. The minimum absolute atomic E-state index is 0.0167. The zero-order valence-corrected chi connectivity index (χ0v) is 7.82. The molecule has 0 unspecified atom stereocenters. The standard InChI is InChI=1S/C8H7BrN2O/c9-6-1-2-11-7(5-12)4-10-8(11)3-6/h1-4,12H,5H2. The van der Waals surface area contributed by atoms with E-state index in [4.69, 9.17) is 5.11 Å². The molecule has 2 aromatic rings. The second kappa shape index (κ2) is 2.88. The van der Waals surface area contributed by atoms with E-state index in [0.29, 0.717) is 0 Å². The smallest absolute Gasteiger partial charge is 0.138 e. The van der Waals surface area contributed by atoms with Crippen LogP contribution in [-0.4, -0.2) is 14.5 Å². The monoisotopic (exact) mass is 226 g/mol. The van der Waals surface area contributed by atoms with Gasteiger partial charge >= 0.3 is 0 Å². The molecule has 0 bridgehead atoms. The van der Waals surface area contributed by atoms with Crippen molar-refractivity contribution in [1.29, 1.82) is 0 Å². The van der Waals surface area contributed by atoms with E-state index in [-0.39, 0.29) is 6.61 Å². The van der Waals surface area contributed by atoms with Crippen LogP contribution in [0.25, 0.3) is 5.65 Å². The van der Waals surface area contributed by atoms with Crippen LogP contribution >= 0.6 is 15.9 Å². The number of aliphatic hydroxyl groups excluding tert-OH is 1. The van der Waals surface area contributed by atoms with Crippen molar-refractivity contribution in [1.82, 2.24) is 9.38 Å². The number of aromatic nitrogens is 2. The lowest BCUT2D eigenvalue weighted by atomic mass is 10.4. The third-order valence-corrected chi connectivity index (χ3v) is 2.21. The van der Waals surface area contributed by atoms with E-state index in [9.17, 15) is 0 Å². The van der Waals surface area contributed by atoms with Crippen LogP contribution in [0, 0.1) is 0 Å². The van der Waals surface area contributed by atoms with Gasteiger partial charge in [0.2, 0.25) is 0 Å². The van der Waals surface area contributed by atoms with E-state index >= 15 is 0 Å². The van der Waals surface area contributed by atoms with E-state index < -0.39 is 0 Å². The van der Waals surface area contributed by atoms with Gasteiger partial charge in [-0.05, 0) is 12.1 Å². The molecule has 4 heteroatoms. The maximum absolute atomic E-state index is 8.92. The van der Waals surface area contributed by atoms with Gasteiger partial charge in [-0.15, -0.1) is 0 Å². The predicted octanol–water partition coefficient (Wildman–Crippen LogP) is 1.59. The molecule has 0 spiro atoms. The minimum atomic E-state index is 0.0167. The van der Waals surface area contributed by atoms with Gasteiger partial charge in [0, 0.05) is 10.7 Å². The lowest BCUT2D eigenvalue weighted by Gasteiger charge is -1.96. The van der Waals surface area contributed by atoms with Gasteiger partial charge in [0.1, 0.15) is 5.65 Å². The summed E-state index contributed by atoms with van der Waals surface area (Å²) in [4.78, 5) is 4.12. The predicted molar refractivity (Wildman–Crippen MR) is 48.8 cm³/mol.